The van der Waals surface area contributed by atoms with Crippen LogP contribution >= 0.6 is 0 Å². The van der Waals surface area contributed by atoms with Crippen molar-refractivity contribution in [3.05, 3.63) is 36.0 Å². The first-order chi connectivity index (χ1) is 11.6. The molecule has 0 radical (unpaired) electrons. The summed E-state index contributed by atoms with van der Waals surface area (Å²) < 4.78 is 0. The summed E-state index contributed by atoms with van der Waals surface area (Å²) in [6.45, 7) is 4.80. The highest BCUT2D eigenvalue weighted by Gasteiger charge is 2.25. The number of nitrogens with zero attached hydrogens (tertiary/aromatic N) is 1. The van der Waals surface area contributed by atoms with Gasteiger partial charge >= 0.3 is 0 Å². The van der Waals surface area contributed by atoms with Crippen LogP contribution in [0.5, 0.6) is 0 Å². The average Bonchev–Trinajstić information content (AvgIpc) is 3.03. The standard InChI is InChI=1S/C18H25N3O3/c1-3-9-21(10-4-2)18(24)16(12-22)20-17(23)15-11-13-7-5-6-8-14(13)19-15/h5-8,11,16,19,22H,3-4,9-10,12H2,1-2H3,(H,20,23)/t16-/m0/s1. The van der Waals surface area contributed by atoms with Gasteiger partial charge in [-0.25, -0.2) is 0 Å². The van der Waals surface area contributed by atoms with Crippen LogP contribution < -0.4 is 5.32 Å². The Kier molecular flexibility index (Phi) is 6.37. The lowest BCUT2D eigenvalue weighted by atomic mass is 10.2. The van der Waals surface area contributed by atoms with E-state index in [2.05, 4.69) is 10.3 Å². The van der Waals surface area contributed by atoms with Gasteiger partial charge in [0.1, 0.15) is 11.7 Å². The summed E-state index contributed by atoms with van der Waals surface area (Å²) in [5, 5.41) is 13.1. The Morgan fingerprint density at radius 2 is 1.88 bits per heavy atom. The van der Waals surface area contributed by atoms with Crippen molar-refractivity contribution in [1.29, 1.82) is 0 Å². The number of aromatic nitrogens is 1. The largest absolute Gasteiger partial charge is 0.394 e. The summed E-state index contributed by atoms with van der Waals surface area (Å²) in [6, 6.07) is 8.37. The minimum absolute atomic E-state index is 0.245. The van der Waals surface area contributed by atoms with Crippen LogP contribution in [0.3, 0.4) is 0 Å². The normalized spacial score (nSPS) is 12.1. The number of para-hydroxylation sites is 1. The molecule has 1 atom stereocenters. The van der Waals surface area contributed by atoms with Crippen molar-refractivity contribution in [3.63, 3.8) is 0 Å². The minimum Gasteiger partial charge on any atom is -0.394 e. The molecule has 0 bridgehead atoms. The van der Waals surface area contributed by atoms with Gasteiger partial charge in [-0.1, -0.05) is 32.0 Å². The molecule has 2 aromatic rings. The zero-order valence-electron chi connectivity index (χ0n) is 14.2. The smallest absolute Gasteiger partial charge is 0.268 e. The maximum absolute atomic E-state index is 12.5. The third kappa shape index (κ3) is 4.14. The molecule has 2 amide bonds. The number of aliphatic hydroxyl groups is 1. The highest BCUT2D eigenvalue weighted by Crippen LogP contribution is 2.14. The van der Waals surface area contributed by atoms with Crippen LogP contribution in [0.15, 0.2) is 30.3 Å². The zero-order chi connectivity index (χ0) is 17.5. The number of benzene rings is 1. The number of nitrogens with one attached hydrogen (secondary N) is 2. The number of H-pyrrole nitrogens is 1. The molecule has 130 valence electrons. The van der Waals surface area contributed by atoms with E-state index in [1.807, 2.05) is 38.1 Å². The average molecular weight is 331 g/mol. The lowest BCUT2D eigenvalue weighted by Crippen LogP contribution is -2.51. The number of hydrogen-bond donors (Lipinski definition) is 3. The number of amides is 2. The number of carbonyl (C=O) groups is 2. The Morgan fingerprint density at radius 3 is 2.46 bits per heavy atom. The van der Waals surface area contributed by atoms with Gasteiger partial charge < -0.3 is 20.3 Å². The maximum Gasteiger partial charge on any atom is 0.268 e. The van der Waals surface area contributed by atoms with Crippen molar-refractivity contribution < 1.29 is 14.7 Å². The Balaban J connectivity index is 2.10. The molecular weight excluding hydrogens is 306 g/mol. The summed E-state index contributed by atoms with van der Waals surface area (Å²) in [4.78, 5) is 29.6. The molecule has 6 nitrogen and oxygen atoms in total. The molecule has 0 aliphatic carbocycles. The Morgan fingerprint density at radius 1 is 1.21 bits per heavy atom. The van der Waals surface area contributed by atoms with E-state index in [4.69, 9.17) is 0 Å². The number of aromatic amines is 1. The van der Waals surface area contributed by atoms with Crippen LogP contribution in [-0.2, 0) is 4.79 Å². The number of fused-ring (bicyclic) bond motifs is 1. The quantitative estimate of drug-likeness (QED) is 0.691. The summed E-state index contributed by atoms with van der Waals surface area (Å²) in [5.41, 5.74) is 1.23. The SMILES string of the molecule is CCCN(CCC)C(=O)[C@H](CO)NC(=O)c1cc2ccccc2[nH]1. The van der Waals surface area contributed by atoms with Crippen LogP contribution in [0.4, 0.5) is 0 Å². The third-order valence-corrected chi connectivity index (χ3v) is 3.86. The van der Waals surface area contributed by atoms with Crippen LogP contribution in [0.1, 0.15) is 37.2 Å². The van der Waals surface area contributed by atoms with E-state index in [0.29, 0.717) is 18.8 Å². The highest BCUT2D eigenvalue weighted by molar-refractivity contribution is 6.00. The molecule has 0 fully saturated rings. The molecule has 3 N–H and O–H groups in total. The molecule has 0 saturated carbocycles. The first-order valence-electron chi connectivity index (χ1n) is 8.39. The number of carbonyl (C=O) groups excluding carboxylic acids is 2. The van der Waals surface area contributed by atoms with Gasteiger partial charge in [0.15, 0.2) is 0 Å². The van der Waals surface area contributed by atoms with Crippen LogP contribution in [0.2, 0.25) is 0 Å². The van der Waals surface area contributed by atoms with E-state index in [0.717, 1.165) is 23.7 Å². The van der Waals surface area contributed by atoms with Crippen LogP contribution in [0, 0.1) is 0 Å². The summed E-state index contributed by atoms with van der Waals surface area (Å²) in [7, 11) is 0. The van der Waals surface area contributed by atoms with E-state index in [-0.39, 0.29) is 5.91 Å². The van der Waals surface area contributed by atoms with Gasteiger partial charge in [0.05, 0.1) is 6.61 Å². The molecule has 0 aliphatic rings. The molecule has 0 aliphatic heterocycles. The van der Waals surface area contributed by atoms with E-state index in [1.54, 1.807) is 11.0 Å². The second kappa shape index (κ2) is 8.49. The van der Waals surface area contributed by atoms with Crippen molar-refractivity contribution in [2.24, 2.45) is 0 Å². The molecular formula is C18H25N3O3. The van der Waals surface area contributed by atoms with Gasteiger partial charge in [-0.3, -0.25) is 9.59 Å². The Bertz CT molecular complexity index is 657. The fourth-order valence-electron chi connectivity index (χ4n) is 2.71. The van der Waals surface area contributed by atoms with Gasteiger partial charge in [0, 0.05) is 24.0 Å². The lowest BCUT2D eigenvalue weighted by Gasteiger charge is -2.26. The van der Waals surface area contributed by atoms with Crippen LogP contribution in [-0.4, -0.2) is 52.5 Å². The van der Waals surface area contributed by atoms with Gasteiger partial charge in [-0.05, 0) is 25.0 Å². The lowest BCUT2D eigenvalue weighted by molar-refractivity contribution is -0.134. The molecule has 6 heteroatoms. The number of rotatable bonds is 8. The summed E-state index contributed by atoms with van der Waals surface area (Å²) >= 11 is 0. The fourth-order valence-corrected chi connectivity index (χ4v) is 2.71. The van der Waals surface area contributed by atoms with Crippen molar-refractivity contribution in [1.82, 2.24) is 15.2 Å². The molecule has 1 heterocycles. The van der Waals surface area contributed by atoms with Crippen molar-refractivity contribution >= 4 is 22.7 Å². The van der Waals surface area contributed by atoms with E-state index < -0.39 is 18.6 Å². The van der Waals surface area contributed by atoms with Gasteiger partial charge in [0.25, 0.3) is 5.91 Å². The van der Waals surface area contributed by atoms with Gasteiger partial charge in [-0.2, -0.15) is 0 Å². The van der Waals surface area contributed by atoms with E-state index in [9.17, 15) is 14.7 Å². The van der Waals surface area contributed by atoms with E-state index in [1.165, 1.54) is 0 Å². The molecule has 0 spiro atoms. The topological polar surface area (TPSA) is 85.4 Å². The first-order valence-corrected chi connectivity index (χ1v) is 8.39. The number of hydrogen-bond acceptors (Lipinski definition) is 3. The number of aliphatic hydroxyl groups excluding tert-OH is 1. The van der Waals surface area contributed by atoms with Crippen LogP contribution in [0.25, 0.3) is 10.9 Å². The monoisotopic (exact) mass is 331 g/mol. The summed E-state index contributed by atoms with van der Waals surface area (Å²) in [6.07, 6.45) is 1.67. The fraction of sp³-hybridized carbons (Fsp3) is 0.444. The maximum atomic E-state index is 12.5. The minimum atomic E-state index is -0.929. The van der Waals surface area contributed by atoms with Gasteiger partial charge in [0.2, 0.25) is 5.91 Å². The zero-order valence-corrected chi connectivity index (χ0v) is 14.2. The summed E-state index contributed by atoms with van der Waals surface area (Å²) in [5.74, 6) is -0.641. The molecule has 0 saturated heterocycles. The van der Waals surface area contributed by atoms with Gasteiger partial charge in [-0.15, -0.1) is 0 Å². The predicted octanol–water partition coefficient (Wildman–Crippen LogP) is 1.91. The Labute approximate surface area is 141 Å². The van der Waals surface area contributed by atoms with Crippen molar-refractivity contribution in [3.8, 4) is 0 Å². The third-order valence-electron chi connectivity index (χ3n) is 3.86. The van der Waals surface area contributed by atoms with Crippen molar-refractivity contribution in [2.75, 3.05) is 19.7 Å². The van der Waals surface area contributed by atoms with E-state index >= 15 is 0 Å². The molecule has 2 rings (SSSR count). The molecule has 0 unspecified atom stereocenters. The molecule has 24 heavy (non-hydrogen) atoms. The predicted molar refractivity (Wildman–Crippen MR) is 93.8 cm³/mol. The Hall–Kier alpha value is -2.34. The first kappa shape index (κ1) is 18.0. The molecule has 1 aromatic carbocycles. The molecule has 1 aromatic heterocycles. The second-order valence-electron chi connectivity index (χ2n) is 5.80. The highest BCUT2D eigenvalue weighted by atomic mass is 16.3. The van der Waals surface area contributed by atoms with Crippen molar-refractivity contribution in [2.45, 2.75) is 32.7 Å². The second-order valence-corrected chi connectivity index (χ2v) is 5.80.